The van der Waals surface area contributed by atoms with E-state index >= 15 is 0 Å². The molecule has 0 saturated heterocycles. The van der Waals surface area contributed by atoms with Gasteiger partial charge in [0, 0.05) is 0 Å². The first-order valence-electron chi connectivity index (χ1n) is 6.16. The molecule has 0 atom stereocenters. The molecule has 1 aromatic heterocycles. The van der Waals surface area contributed by atoms with E-state index < -0.39 is 0 Å². The van der Waals surface area contributed by atoms with E-state index in [0.29, 0.717) is 29.7 Å². The van der Waals surface area contributed by atoms with Gasteiger partial charge >= 0.3 is 5.97 Å². The van der Waals surface area contributed by atoms with Crippen LogP contribution < -0.4 is 5.73 Å². The molecule has 0 unspecified atom stereocenters. The number of carbonyl (C=O) groups excluding carboxylic acids is 1. The summed E-state index contributed by atoms with van der Waals surface area (Å²) in [4.78, 5) is 11.8. The van der Waals surface area contributed by atoms with Crippen LogP contribution in [0.15, 0.2) is 0 Å². The maximum Gasteiger partial charge on any atom is 0.343 e. The number of hydrogen-bond donors (Lipinski definition) is 1. The van der Waals surface area contributed by atoms with Gasteiger partial charge in [-0.3, -0.25) is 0 Å². The lowest BCUT2D eigenvalue weighted by atomic mass is 10.2. The number of rotatable bonds is 3. The molecular formula is C12H19N3O2. The average molecular weight is 237 g/mol. The fourth-order valence-electron chi connectivity index (χ4n) is 2.45. The molecule has 17 heavy (non-hydrogen) atoms. The first-order chi connectivity index (χ1) is 8.15. The lowest BCUT2D eigenvalue weighted by Crippen LogP contribution is -2.12. The van der Waals surface area contributed by atoms with Crippen molar-refractivity contribution in [2.24, 2.45) is 0 Å². The van der Waals surface area contributed by atoms with Crippen LogP contribution in [0.3, 0.4) is 0 Å². The molecule has 2 rings (SSSR count). The quantitative estimate of drug-likeness (QED) is 0.817. The summed E-state index contributed by atoms with van der Waals surface area (Å²) >= 11 is 0. The zero-order valence-electron chi connectivity index (χ0n) is 10.4. The number of aryl methyl sites for hydroxylation is 1. The van der Waals surface area contributed by atoms with Gasteiger partial charge in [0.25, 0.3) is 0 Å². The Hall–Kier alpha value is -1.52. The SMILES string of the molecule is CCOC(=O)c1c(C)nn(C2CCCC2)c1N. The number of nitrogens with zero attached hydrogens (tertiary/aromatic N) is 2. The number of nitrogen functional groups attached to an aromatic ring is 1. The van der Waals surface area contributed by atoms with E-state index in [-0.39, 0.29) is 5.97 Å². The van der Waals surface area contributed by atoms with Crippen LogP contribution in [-0.2, 0) is 4.74 Å². The maximum atomic E-state index is 11.8. The van der Waals surface area contributed by atoms with Crippen LogP contribution >= 0.6 is 0 Å². The van der Waals surface area contributed by atoms with Gasteiger partial charge in [0.05, 0.1) is 18.3 Å². The summed E-state index contributed by atoms with van der Waals surface area (Å²) in [5.74, 6) is 0.0830. The smallest absolute Gasteiger partial charge is 0.343 e. The minimum atomic E-state index is -0.369. The molecule has 0 aromatic carbocycles. The minimum Gasteiger partial charge on any atom is -0.462 e. The van der Waals surface area contributed by atoms with Gasteiger partial charge in [0.2, 0.25) is 0 Å². The highest BCUT2D eigenvalue weighted by molar-refractivity contribution is 5.95. The molecule has 5 nitrogen and oxygen atoms in total. The van der Waals surface area contributed by atoms with E-state index in [2.05, 4.69) is 5.10 Å². The second kappa shape index (κ2) is 4.77. The number of ether oxygens (including phenoxy) is 1. The predicted octanol–water partition coefficient (Wildman–Crippen LogP) is 2.07. The van der Waals surface area contributed by atoms with Crippen LogP contribution in [0.5, 0.6) is 0 Å². The number of esters is 1. The van der Waals surface area contributed by atoms with Gasteiger partial charge in [0.15, 0.2) is 0 Å². The Morgan fingerprint density at radius 3 is 2.76 bits per heavy atom. The topological polar surface area (TPSA) is 70.1 Å². The molecule has 1 fully saturated rings. The molecule has 2 N–H and O–H groups in total. The Bertz CT molecular complexity index is 420. The van der Waals surface area contributed by atoms with Crippen molar-refractivity contribution in [2.75, 3.05) is 12.3 Å². The first kappa shape index (κ1) is 12.0. The fraction of sp³-hybridized carbons (Fsp3) is 0.667. The Labute approximate surface area is 101 Å². The summed E-state index contributed by atoms with van der Waals surface area (Å²) < 4.78 is 6.79. The van der Waals surface area contributed by atoms with E-state index in [0.717, 1.165) is 12.8 Å². The largest absolute Gasteiger partial charge is 0.462 e. The van der Waals surface area contributed by atoms with Crippen LogP contribution in [0.2, 0.25) is 0 Å². The van der Waals surface area contributed by atoms with E-state index in [4.69, 9.17) is 10.5 Å². The van der Waals surface area contributed by atoms with Crippen LogP contribution in [0.4, 0.5) is 5.82 Å². The van der Waals surface area contributed by atoms with Crippen molar-refractivity contribution >= 4 is 11.8 Å². The first-order valence-corrected chi connectivity index (χ1v) is 6.16. The molecule has 1 aliphatic carbocycles. The molecule has 0 aliphatic heterocycles. The Morgan fingerprint density at radius 1 is 1.53 bits per heavy atom. The van der Waals surface area contributed by atoms with Crippen molar-refractivity contribution < 1.29 is 9.53 Å². The fourth-order valence-corrected chi connectivity index (χ4v) is 2.45. The predicted molar refractivity (Wildman–Crippen MR) is 64.8 cm³/mol. The number of aromatic nitrogens is 2. The minimum absolute atomic E-state index is 0.344. The summed E-state index contributed by atoms with van der Waals surface area (Å²) in [6, 6.07) is 0.344. The van der Waals surface area contributed by atoms with Gasteiger partial charge in [0.1, 0.15) is 11.4 Å². The van der Waals surface area contributed by atoms with Crippen molar-refractivity contribution in [2.45, 2.75) is 45.6 Å². The summed E-state index contributed by atoms with van der Waals surface area (Å²) in [6.07, 6.45) is 4.59. The summed E-state index contributed by atoms with van der Waals surface area (Å²) in [6.45, 7) is 3.94. The van der Waals surface area contributed by atoms with Crippen LogP contribution in [0, 0.1) is 6.92 Å². The normalized spacial score (nSPS) is 16.4. The van der Waals surface area contributed by atoms with Crippen molar-refractivity contribution in [3.63, 3.8) is 0 Å². The summed E-state index contributed by atoms with van der Waals surface area (Å²) in [7, 11) is 0. The molecule has 1 heterocycles. The van der Waals surface area contributed by atoms with Crippen molar-refractivity contribution in [3.8, 4) is 0 Å². The van der Waals surface area contributed by atoms with E-state index in [1.165, 1.54) is 12.8 Å². The van der Waals surface area contributed by atoms with Gasteiger partial charge in [-0.2, -0.15) is 5.10 Å². The van der Waals surface area contributed by atoms with Gasteiger partial charge in [-0.25, -0.2) is 9.48 Å². The second-order valence-corrected chi connectivity index (χ2v) is 4.45. The second-order valence-electron chi connectivity index (χ2n) is 4.45. The zero-order chi connectivity index (χ0) is 12.4. The van der Waals surface area contributed by atoms with Gasteiger partial charge in [-0.1, -0.05) is 12.8 Å². The van der Waals surface area contributed by atoms with Crippen molar-refractivity contribution in [3.05, 3.63) is 11.3 Å². The van der Waals surface area contributed by atoms with Gasteiger partial charge in [-0.15, -0.1) is 0 Å². The van der Waals surface area contributed by atoms with Gasteiger partial charge < -0.3 is 10.5 Å². The maximum absolute atomic E-state index is 11.8. The Kier molecular flexibility index (Phi) is 3.36. The third kappa shape index (κ3) is 2.14. The molecule has 0 spiro atoms. The molecule has 0 radical (unpaired) electrons. The van der Waals surface area contributed by atoms with Crippen LogP contribution in [-0.4, -0.2) is 22.4 Å². The third-order valence-electron chi connectivity index (χ3n) is 3.27. The molecule has 0 amide bonds. The highest BCUT2D eigenvalue weighted by Gasteiger charge is 2.26. The van der Waals surface area contributed by atoms with E-state index in [9.17, 15) is 4.79 Å². The molecule has 1 aromatic rings. The number of nitrogens with two attached hydrogens (primary N) is 1. The van der Waals surface area contributed by atoms with Crippen LogP contribution in [0.1, 0.15) is 54.7 Å². The van der Waals surface area contributed by atoms with Crippen molar-refractivity contribution in [1.82, 2.24) is 9.78 Å². The molecule has 1 saturated carbocycles. The standard InChI is InChI=1S/C12H19N3O2/c1-3-17-12(16)10-8(2)14-15(11(10)13)9-6-4-5-7-9/h9H,3-7,13H2,1-2H3. The summed E-state index contributed by atoms with van der Waals surface area (Å²) in [5, 5.41) is 4.39. The summed E-state index contributed by atoms with van der Waals surface area (Å²) in [5.41, 5.74) is 7.10. The number of carbonyl (C=O) groups is 1. The lowest BCUT2D eigenvalue weighted by Gasteiger charge is -2.11. The Balaban J connectivity index is 2.31. The molecule has 1 aliphatic rings. The number of anilines is 1. The molecule has 94 valence electrons. The van der Waals surface area contributed by atoms with E-state index in [1.807, 2.05) is 0 Å². The van der Waals surface area contributed by atoms with E-state index in [1.54, 1.807) is 18.5 Å². The highest BCUT2D eigenvalue weighted by atomic mass is 16.5. The lowest BCUT2D eigenvalue weighted by molar-refractivity contribution is 0.0526. The molecular weight excluding hydrogens is 218 g/mol. The molecule has 5 heteroatoms. The molecule has 0 bridgehead atoms. The monoisotopic (exact) mass is 237 g/mol. The third-order valence-corrected chi connectivity index (χ3v) is 3.27. The van der Waals surface area contributed by atoms with Crippen LogP contribution in [0.25, 0.3) is 0 Å². The highest BCUT2D eigenvalue weighted by Crippen LogP contribution is 2.32. The number of hydrogen-bond acceptors (Lipinski definition) is 4. The Morgan fingerprint density at radius 2 is 2.18 bits per heavy atom. The van der Waals surface area contributed by atoms with Gasteiger partial charge in [-0.05, 0) is 26.7 Å². The average Bonchev–Trinajstić information content (AvgIpc) is 2.87. The zero-order valence-corrected chi connectivity index (χ0v) is 10.4. The van der Waals surface area contributed by atoms with Crippen molar-refractivity contribution in [1.29, 1.82) is 0 Å².